The molecule has 4 N–H and O–H groups in total. The molecule has 10 atom stereocenters. The van der Waals surface area contributed by atoms with Gasteiger partial charge in [0.15, 0.2) is 0 Å². The first kappa shape index (κ1) is 30.9. The van der Waals surface area contributed by atoms with E-state index in [0.29, 0.717) is 18.3 Å². The van der Waals surface area contributed by atoms with Crippen LogP contribution in [0.3, 0.4) is 0 Å². The summed E-state index contributed by atoms with van der Waals surface area (Å²) < 4.78 is 5.95. The van der Waals surface area contributed by atoms with Crippen molar-refractivity contribution in [2.45, 2.75) is 111 Å². The number of benzene rings is 1. The first-order valence-electron chi connectivity index (χ1n) is 16.5. The maximum Gasteiger partial charge on any atom is 0.331 e. The number of phenolic OH excluding ortho intramolecular Hbond substituents is 1. The summed E-state index contributed by atoms with van der Waals surface area (Å²) in [5, 5.41) is 43.9. The molecule has 1 spiro atoms. The summed E-state index contributed by atoms with van der Waals surface area (Å²) >= 11 is 0. The largest absolute Gasteiger partial charge is 0.508 e. The molecule has 0 aromatic heterocycles. The minimum Gasteiger partial charge on any atom is -0.508 e. The molecule has 0 heterocycles. The summed E-state index contributed by atoms with van der Waals surface area (Å²) in [5.74, 6) is 0.329. The van der Waals surface area contributed by atoms with E-state index in [2.05, 4.69) is 33.8 Å². The Balaban J connectivity index is 1.25. The van der Waals surface area contributed by atoms with Gasteiger partial charge in [-0.25, -0.2) is 4.79 Å². The zero-order chi connectivity index (χ0) is 31.0. The van der Waals surface area contributed by atoms with E-state index in [9.17, 15) is 25.2 Å². The molecule has 4 saturated carbocycles. The lowest BCUT2D eigenvalue weighted by atomic mass is 9.37. The summed E-state index contributed by atoms with van der Waals surface area (Å²) in [6.07, 6.45) is 12.1. The molecule has 4 fully saturated rings. The Bertz CT molecular complexity index is 1300. The SMILES string of the molecule is CC1(C)CC[C@]2(CC[C@@H]3C(=CC[C@@H]4[C@@]5(C)C[C@@H](O)[C@H](OC(=O)/C=C\c6ccc(O)cc6)[C@@](C)(CO)[C@@H]5CC[C@]43C)[C@H]2O)C1. The number of aliphatic hydroxyl groups is 3. The summed E-state index contributed by atoms with van der Waals surface area (Å²) in [4.78, 5) is 13.0. The van der Waals surface area contributed by atoms with Crippen molar-refractivity contribution in [1.82, 2.24) is 0 Å². The maximum atomic E-state index is 13.0. The summed E-state index contributed by atoms with van der Waals surface area (Å²) in [5.41, 5.74) is 1.31. The monoisotopic (exact) mass is 592 g/mol. The van der Waals surface area contributed by atoms with E-state index in [-0.39, 0.29) is 46.0 Å². The molecule has 236 valence electrons. The van der Waals surface area contributed by atoms with Gasteiger partial charge < -0.3 is 25.2 Å². The number of fused-ring (bicyclic) bond motifs is 5. The molecule has 5 aliphatic carbocycles. The minimum absolute atomic E-state index is 0.0124. The Kier molecular flexibility index (Phi) is 7.50. The van der Waals surface area contributed by atoms with Crippen LogP contribution in [0.25, 0.3) is 6.08 Å². The van der Waals surface area contributed by atoms with Gasteiger partial charge in [-0.3, -0.25) is 0 Å². The minimum atomic E-state index is -0.891. The molecule has 1 aromatic rings. The fraction of sp³-hybridized carbons (Fsp3) is 0.703. The molecule has 0 radical (unpaired) electrons. The van der Waals surface area contributed by atoms with Gasteiger partial charge in [0.05, 0.1) is 18.8 Å². The maximum absolute atomic E-state index is 13.0. The highest BCUT2D eigenvalue weighted by Crippen LogP contribution is 2.71. The normalized spacial score (nSPS) is 45.3. The van der Waals surface area contributed by atoms with Crippen molar-refractivity contribution in [2.75, 3.05) is 6.61 Å². The third kappa shape index (κ3) is 4.82. The Hall–Kier alpha value is -2.15. The molecule has 1 aromatic carbocycles. The fourth-order valence-electron chi connectivity index (χ4n) is 11.5. The third-order valence-electron chi connectivity index (χ3n) is 13.4. The molecule has 6 nitrogen and oxygen atoms in total. The average molecular weight is 593 g/mol. The smallest absolute Gasteiger partial charge is 0.331 e. The van der Waals surface area contributed by atoms with Crippen molar-refractivity contribution in [2.24, 2.45) is 44.8 Å². The van der Waals surface area contributed by atoms with Crippen LogP contribution in [0.4, 0.5) is 0 Å². The number of carbonyl (C=O) groups excluding carboxylic acids is 1. The first-order chi connectivity index (χ1) is 20.2. The molecule has 6 heteroatoms. The van der Waals surface area contributed by atoms with Crippen molar-refractivity contribution in [3.8, 4) is 5.75 Å². The van der Waals surface area contributed by atoms with Crippen molar-refractivity contribution in [3.05, 3.63) is 47.6 Å². The second-order valence-electron chi connectivity index (χ2n) is 16.5. The van der Waals surface area contributed by atoms with Crippen LogP contribution in [0.5, 0.6) is 5.75 Å². The van der Waals surface area contributed by atoms with Crippen LogP contribution in [0.1, 0.15) is 98.0 Å². The molecule has 0 amide bonds. The van der Waals surface area contributed by atoms with Crippen molar-refractivity contribution in [3.63, 3.8) is 0 Å². The lowest BCUT2D eigenvalue weighted by Gasteiger charge is -2.68. The standard InChI is InChI=1S/C37H52O6/c1-33(2)18-19-37(21-33)17-14-26-25(31(37)42)11-12-28-34(26,3)16-15-29-35(28,4)20-27(40)32(36(29,5)22-38)43-30(41)13-8-23-6-9-24(39)10-7-23/h6-11,13,26-29,31-32,38-40,42H,12,14-22H2,1-5H3/b13-8-/t26-,27-,28+,29-,31-,32+,34+,35-,36+,37-/m1/s1. The second kappa shape index (κ2) is 10.5. The van der Waals surface area contributed by atoms with Crippen LogP contribution in [0.2, 0.25) is 0 Å². The zero-order valence-electron chi connectivity index (χ0n) is 26.7. The summed E-state index contributed by atoms with van der Waals surface area (Å²) in [7, 11) is 0. The van der Waals surface area contributed by atoms with E-state index in [4.69, 9.17) is 4.74 Å². The first-order valence-corrected chi connectivity index (χ1v) is 16.5. The molecular formula is C37H52O6. The Morgan fingerprint density at radius 3 is 2.33 bits per heavy atom. The number of esters is 1. The number of hydrogen-bond acceptors (Lipinski definition) is 6. The second-order valence-corrected chi connectivity index (χ2v) is 16.5. The highest BCUT2D eigenvalue weighted by Gasteiger charge is 2.67. The van der Waals surface area contributed by atoms with Gasteiger partial charge in [-0.1, -0.05) is 52.8 Å². The van der Waals surface area contributed by atoms with Crippen LogP contribution in [-0.4, -0.2) is 51.3 Å². The number of carbonyl (C=O) groups is 1. The number of aliphatic hydroxyl groups excluding tert-OH is 3. The van der Waals surface area contributed by atoms with Crippen molar-refractivity contribution < 1.29 is 30.0 Å². The van der Waals surface area contributed by atoms with Gasteiger partial charge in [0.2, 0.25) is 0 Å². The van der Waals surface area contributed by atoms with Gasteiger partial charge >= 0.3 is 5.97 Å². The Labute approximate surface area is 257 Å². The number of aromatic hydroxyl groups is 1. The van der Waals surface area contributed by atoms with Gasteiger partial charge in [-0.2, -0.15) is 0 Å². The van der Waals surface area contributed by atoms with E-state index >= 15 is 0 Å². The highest BCUT2D eigenvalue weighted by atomic mass is 16.6. The fourth-order valence-corrected chi connectivity index (χ4v) is 11.5. The van der Waals surface area contributed by atoms with Crippen LogP contribution in [0.15, 0.2) is 42.0 Å². The van der Waals surface area contributed by atoms with Gasteiger partial charge in [0.25, 0.3) is 0 Å². The molecule has 0 saturated heterocycles. The molecular weight excluding hydrogens is 540 g/mol. The summed E-state index contributed by atoms with van der Waals surface area (Å²) in [6, 6.07) is 6.53. The Morgan fingerprint density at radius 2 is 1.67 bits per heavy atom. The molecule has 0 unspecified atom stereocenters. The quantitative estimate of drug-likeness (QED) is 0.183. The lowest BCUT2D eigenvalue weighted by molar-refractivity contribution is -0.241. The van der Waals surface area contributed by atoms with Gasteiger partial charge in [0.1, 0.15) is 11.9 Å². The molecule has 0 bridgehead atoms. The lowest BCUT2D eigenvalue weighted by Crippen LogP contribution is -2.67. The topological polar surface area (TPSA) is 107 Å². The van der Waals surface area contributed by atoms with Crippen molar-refractivity contribution >= 4 is 12.0 Å². The average Bonchev–Trinajstić information content (AvgIpc) is 3.27. The van der Waals surface area contributed by atoms with Crippen LogP contribution < -0.4 is 0 Å². The summed E-state index contributed by atoms with van der Waals surface area (Å²) in [6.45, 7) is 11.2. The van der Waals surface area contributed by atoms with E-state index in [1.54, 1.807) is 30.3 Å². The Morgan fingerprint density at radius 1 is 0.953 bits per heavy atom. The molecule has 6 rings (SSSR count). The molecule has 43 heavy (non-hydrogen) atoms. The third-order valence-corrected chi connectivity index (χ3v) is 13.4. The zero-order valence-corrected chi connectivity index (χ0v) is 26.7. The van der Waals surface area contributed by atoms with Crippen LogP contribution in [-0.2, 0) is 9.53 Å². The van der Waals surface area contributed by atoms with Gasteiger partial charge in [0, 0.05) is 16.9 Å². The van der Waals surface area contributed by atoms with E-state index < -0.39 is 23.6 Å². The number of phenols is 1. The van der Waals surface area contributed by atoms with Crippen LogP contribution >= 0.6 is 0 Å². The van der Waals surface area contributed by atoms with E-state index in [0.717, 1.165) is 50.5 Å². The van der Waals surface area contributed by atoms with Gasteiger partial charge in [-0.05, 0) is 121 Å². The number of rotatable bonds is 4. The van der Waals surface area contributed by atoms with Crippen LogP contribution in [0, 0.1) is 44.8 Å². The number of hydrogen-bond donors (Lipinski definition) is 4. The predicted molar refractivity (Wildman–Crippen MR) is 167 cm³/mol. The molecule has 5 aliphatic rings. The van der Waals surface area contributed by atoms with E-state index in [1.165, 1.54) is 18.1 Å². The molecule has 0 aliphatic heterocycles. The van der Waals surface area contributed by atoms with Crippen molar-refractivity contribution in [1.29, 1.82) is 0 Å². The number of ether oxygens (including phenoxy) is 1. The highest BCUT2D eigenvalue weighted by molar-refractivity contribution is 5.87. The van der Waals surface area contributed by atoms with Gasteiger partial charge in [-0.15, -0.1) is 0 Å². The predicted octanol–water partition coefficient (Wildman–Crippen LogP) is 6.42. The number of allylic oxidation sites excluding steroid dienone is 1. The van der Waals surface area contributed by atoms with E-state index in [1.807, 2.05) is 6.92 Å².